The summed E-state index contributed by atoms with van der Waals surface area (Å²) in [7, 11) is 0. The van der Waals surface area contributed by atoms with E-state index in [1.807, 2.05) is 6.92 Å². The molecule has 1 unspecified atom stereocenters. The maximum atomic E-state index is 12.1. The fourth-order valence-electron chi connectivity index (χ4n) is 2.88. The van der Waals surface area contributed by atoms with Gasteiger partial charge >= 0.3 is 0 Å². The standard InChI is InChI=1S/C18H21N3OS/c1-13(15-8-7-14-5-2-3-6-16(14)11-15)21-17(22)12-23-18-19-9-4-10-20-18/h4,7-11,13H,2-3,5-6,12H2,1H3,(H,21,22). The number of nitrogens with one attached hydrogen (secondary N) is 1. The minimum absolute atomic E-state index is 0.00711. The van der Waals surface area contributed by atoms with E-state index < -0.39 is 0 Å². The molecule has 0 saturated heterocycles. The van der Waals surface area contributed by atoms with Crippen molar-refractivity contribution in [3.05, 3.63) is 53.3 Å². The van der Waals surface area contributed by atoms with Crippen LogP contribution in [0.25, 0.3) is 0 Å². The zero-order valence-electron chi connectivity index (χ0n) is 13.3. The number of rotatable bonds is 5. The summed E-state index contributed by atoms with van der Waals surface area (Å²) in [6.07, 6.45) is 8.27. The van der Waals surface area contributed by atoms with Crippen molar-refractivity contribution < 1.29 is 4.79 Å². The summed E-state index contributed by atoms with van der Waals surface area (Å²) in [6, 6.07) is 8.41. The van der Waals surface area contributed by atoms with E-state index in [1.165, 1.54) is 47.7 Å². The number of aromatic nitrogens is 2. The van der Waals surface area contributed by atoms with Gasteiger partial charge in [0.1, 0.15) is 0 Å². The van der Waals surface area contributed by atoms with E-state index in [0.29, 0.717) is 10.9 Å². The minimum atomic E-state index is 0.00711. The van der Waals surface area contributed by atoms with Crippen LogP contribution in [-0.4, -0.2) is 21.6 Å². The van der Waals surface area contributed by atoms with Crippen molar-refractivity contribution in [2.24, 2.45) is 0 Å². The highest BCUT2D eigenvalue weighted by Gasteiger charge is 2.14. The van der Waals surface area contributed by atoms with E-state index in [-0.39, 0.29) is 11.9 Å². The summed E-state index contributed by atoms with van der Waals surface area (Å²) in [5.41, 5.74) is 4.09. The minimum Gasteiger partial charge on any atom is -0.349 e. The topological polar surface area (TPSA) is 54.9 Å². The summed E-state index contributed by atoms with van der Waals surface area (Å²) in [5, 5.41) is 3.69. The lowest BCUT2D eigenvalue weighted by atomic mass is 9.89. The Labute approximate surface area is 141 Å². The molecule has 0 bridgehead atoms. The average Bonchev–Trinajstić information content (AvgIpc) is 2.60. The van der Waals surface area contributed by atoms with E-state index in [0.717, 1.165) is 6.42 Å². The molecule has 4 nitrogen and oxygen atoms in total. The smallest absolute Gasteiger partial charge is 0.230 e. The van der Waals surface area contributed by atoms with Gasteiger partial charge in [0.25, 0.3) is 0 Å². The van der Waals surface area contributed by atoms with Crippen molar-refractivity contribution in [3.63, 3.8) is 0 Å². The van der Waals surface area contributed by atoms with Crippen LogP contribution in [0.1, 0.15) is 42.5 Å². The molecule has 0 aliphatic heterocycles. The van der Waals surface area contributed by atoms with Gasteiger partial charge in [0.15, 0.2) is 5.16 Å². The van der Waals surface area contributed by atoms with Gasteiger partial charge in [-0.05, 0) is 55.4 Å². The van der Waals surface area contributed by atoms with Crippen molar-refractivity contribution in [2.45, 2.75) is 43.8 Å². The van der Waals surface area contributed by atoms with Crippen molar-refractivity contribution in [1.82, 2.24) is 15.3 Å². The third kappa shape index (κ3) is 4.32. The van der Waals surface area contributed by atoms with Gasteiger partial charge in [0.05, 0.1) is 11.8 Å². The average molecular weight is 327 g/mol. The van der Waals surface area contributed by atoms with Crippen LogP contribution in [0.4, 0.5) is 0 Å². The SMILES string of the molecule is CC(NC(=O)CSc1ncccn1)c1ccc2c(c1)CCCC2. The summed E-state index contributed by atoms with van der Waals surface area (Å²) in [5.74, 6) is 0.340. The first kappa shape index (κ1) is 16.0. The van der Waals surface area contributed by atoms with Crippen molar-refractivity contribution >= 4 is 17.7 Å². The number of thioether (sulfide) groups is 1. The van der Waals surface area contributed by atoms with Gasteiger partial charge in [-0.2, -0.15) is 0 Å². The Balaban J connectivity index is 1.56. The molecule has 1 aliphatic carbocycles. The molecule has 1 aromatic carbocycles. The second-order valence-electron chi connectivity index (χ2n) is 5.84. The Morgan fingerprint density at radius 1 is 1.22 bits per heavy atom. The highest BCUT2D eigenvalue weighted by molar-refractivity contribution is 7.99. The maximum Gasteiger partial charge on any atom is 0.230 e. The monoisotopic (exact) mass is 327 g/mol. The largest absolute Gasteiger partial charge is 0.349 e. The molecule has 0 fully saturated rings. The van der Waals surface area contributed by atoms with Crippen LogP contribution in [0.3, 0.4) is 0 Å². The molecule has 0 radical (unpaired) electrons. The van der Waals surface area contributed by atoms with E-state index in [2.05, 4.69) is 33.5 Å². The second kappa shape index (κ2) is 7.59. The number of carbonyl (C=O) groups is 1. The lowest BCUT2D eigenvalue weighted by Crippen LogP contribution is -2.28. The van der Waals surface area contributed by atoms with E-state index >= 15 is 0 Å². The van der Waals surface area contributed by atoms with Crippen LogP contribution in [0.5, 0.6) is 0 Å². The molecule has 1 aliphatic rings. The van der Waals surface area contributed by atoms with E-state index in [1.54, 1.807) is 18.5 Å². The Morgan fingerprint density at radius 2 is 1.96 bits per heavy atom. The molecule has 2 aromatic rings. The summed E-state index contributed by atoms with van der Waals surface area (Å²) < 4.78 is 0. The predicted molar refractivity (Wildman–Crippen MR) is 92.4 cm³/mol. The predicted octanol–water partition coefficient (Wildman–Crippen LogP) is 3.32. The lowest BCUT2D eigenvalue weighted by molar-refractivity contribution is -0.119. The molecule has 1 heterocycles. The molecule has 0 saturated carbocycles. The molecule has 0 spiro atoms. The Morgan fingerprint density at radius 3 is 2.74 bits per heavy atom. The van der Waals surface area contributed by atoms with Gasteiger partial charge in [-0.1, -0.05) is 30.0 Å². The first-order valence-electron chi connectivity index (χ1n) is 8.03. The maximum absolute atomic E-state index is 12.1. The highest BCUT2D eigenvalue weighted by Crippen LogP contribution is 2.24. The van der Waals surface area contributed by atoms with Crippen LogP contribution in [0.15, 0.2) is 41.8 Å². The fourth-order valence-corrected chi connectivity index (χ4v) is 3.49. The molecule has 1 aromatic heterocycles. The molecule has 1 N–H and O–H groups in total. The molecule has 3 rings (SSSR count). The van der Waals surface area contributed by atoms with Crippen LogP contribution in [-0.2, 0) is 17.6 Å². The van der Waals surface area contributed by atoms with Crippen LogP contribution >= 0.6 is 11.8 Å². The van der Waals surface area contributed by atoms with Crippen molar-refractivity contribution in [1.29, 1.82) is 0 Å². The molecular formula is C18H21N3OS. The van der Waals surface area contributed by atoms with E-state index in [9.17, 15) is 4.79 Å². The molecule has 23 heavy (non-hydrogen) atoms. The van der Waals surface area contributed by atoms with Crippen molar-refractivity contribution in [2.75, 3.05) is 5.75 Å². The quantitative estimate of drug-likeness (QED) is 0.676. The summed E-state index contributed by atoms with van der Waals surface area (Å²) in [6.45, 7) is 2.03. The Hall–Kier alpha value is -1.88. The van der Waals surface area contributed by atoms with Gasteiger partial charge in [0, 0.05) is 12.4 Å². The number of hydrogen-bond donors (Lipinski definition) is 1. The second-order valence-corrected chi connectivity index (χ2v) is 6.79. The van der Waals surface area contributed by atoms with Crippen LogP contribution in [0, 0.1) is 0 Å². The fraction of sp³-hybridized carbons (Fsp3) is 0.389. The first-order valence-corrected chi connectivity index (χ1v) is 9.02. The van der Waals surface area contributed by atoms with Gasteiger partial charge in [0.2, 0.25) is 5.91 Å². The van der Waals surface area contributed by atoms with Gasteiger partial charge < -0.3 is 5.32 Å². The zero-order valence-corrected chi connectivity index (χ0v) is 14.1. The third-order valence-corrected chi connectivity index (χ3v) is 5.00. The zero-order chi connectivity index (χ0) is 16.1. The molecule has 1 amide bonds. The normalized spacial score (nSPS) is 14.8. The molecule has 5 heteroatoms. The summed E-state index contributed by atoms with van der Waals surface area (Å²) in [4.78, 5) is 20.3. The Bertz CT molecular complexity index is 675. The Kier molecular flexibility index (Phi) is 5.28. The number of aryl methyl sites for hydroxylation is 2. The third-order valence-electron chi connectivity index (χ3n) is 4.12. The van der Waals surface area contributed by atoms with Gasteiger partial charge in [-0.25, -0.2) is 9.97 Å². The summed E-state index contributed by atoms with van der Waals surface area (Å²) >= 11 is 1.35. The van der Waals surface area contributed by atoms with Crippen LogP contribution in [0.2, 0.25) is 0 Å². The lowest BCUT2D eigenvalue weighted by Gasteiger charge is -2.20. The van der Waals surface area contributed by atoms with Gasteiger partial charge in [-0.3, -0.25) is 4.79 Å². The number of nitrogens with zero attached hydrogens (tertiary/aromatic N) is 2. The van der Waals surface area contributed by atoms with Gasteiger partial charge in [-0.15, -0.1) is 0 Å². The first-order chi connectivity index (χ1) is 11.2. The number of fused-ring (bicyclic) bond motifs is 1. The molecule has 120 valence electrons. The van der Waals surface area contributed by atoms with E-state index in [4.69, 9.17) is 0 Å². The number of amides is 1. The van der Waals surface area contributed by atoms with Crippen LogP contribution < -0.4 is 5.32 Å². The highest BCUT2D eigenvalue weighted by atomic mass is 32.2. The molecule has 1 atom stereocenters. The number of carbonyl (C=O) groups excluding carboxylic acids is 1. The van der Waals surface area contributed by atoms with Crippen molar-refractivity contribution in [3.8, 4) is 0 Å². The number of benzene rings is 1. The molecular weight excluding hydrogens is 306 g/mol. The number of hydrogen-bond acceptors (Lipinski definition) is 4.